The molecule has 126 valence electrons. The van der Waals surface area contributed by atoms with Crippen molar-refractivity contribution in [1.82, 2.24) is 10.1 Å². The van der Waals surface area contributed by atoms with Crippen LogP contribution in [0.2, 0.25) is 0 Å². The predicted octanol–water partition coefficient (Wildman–Crippen LogP) is 1.75. The highest BCUT2D eigenvalue weighted by atomic mass is 32.2. The highest BCUT2D eigenvalue weighted by molar-refractivity contribution is 7.91. The van der Waals surface area contributed by atoms with Gasteiger partial charge < -0.3 is 14.9 Å². The van der Waals surface area contributed by atoms with Crippen LogP contribution in [0, 0.1) is 0 Å². The maximum atomic E-state index is 11.8. The van der Waals surface area contributed by atoms with Crippen LogP contribution < -0.4 is 5.32 Å². The number of hydrogen-bond acceptors (Lipinski definition) is 7. The highest BCUT2D eigenvalue weighted by Crippen LogP contribution is 2.20. The summed E-state index contributed by atoms with van der Waals surface area (Å²) in [5, 5.41) is 15.8. The average Bonchev–Trinajstić information content (AvgIpc) is 2.94. The van der Waals surface area contributed by atoms with E-state index in [0.717, 1.165) is 5.69 Å². The van der Waals surface area contributed by atoms with Gasteiger partial charge in [-0.3, -0.25) is 0 Å². The number of sulfone groups is 1. The zero-order chi connectivity index (χ0) is 17.1. The number of benzene rings is 1. The third-order valence-electron chi connectivity index (χ3n) is 3.13. The summed E-state index contributed by atoms with van der Waals surface area (Å²) in [6.45, 7) is 5.95. The van der Waals surface area contributed by atoms with E-state index in [0.29, 0.717) is 18.3 Å². The van der Waals surface area contributed by atoms with Gasteiger partial charge >= 0.3 is 0 Å². The summed E-state index contributed by atoms with van der Waals surface area (Å²) in [6, 6.07) is 6.33. The lowest BCUT2D eigenvalue weighted by atomic mass is 9.97. The quantitative estimate of drug-likeness (QED) is 0.826. The molecule has 0 atom stereocenters. The normalized spacial score (nSPS) is 12.3. The van der Waals surface area contributed by atoms with Crippen LogP contribution in [0.3, 0.4) is 0 Å². The van der Waals surface area contributed by atoms with E-state index in [9.17, 15) is 8.42 Å². The summed E-state index contributed by atoms with van der Waals surface area (Å²) in [5.74, 6) is 0.824. The first kappa shape index (κ1) is 17.4. The third kappa shape index (κ3) is 4.52. The van der Waals surface area contributed by atoms with E-state index in [4.69, 9.17) is 9.63 Å². The first-order chi connectivity index (χ1) is 10.7. The molecule has 2 aromatic rings. The molecule has 0 aliphatic carbocycles. The molecule has 23 heavy (non-hydrogen) atoms. The molecular weight excluding hydrogens is 318 g/mol. The van der Waals surface area contributed by atoms with Crippen LogP contribution in [-0.2, 0) is 21.8 Å². The molecule has 7 nitrogen and oxygen atoms in total. The monoisotopic (exact) mass is 339 g/mol. The topological polar surface area (TPSA) is 105 Å². The zero-order valence-corrected chi connectivity index (χ0v) is 14.2. The lowest BCUT2D eigenvalue weighted by Gasteiger charge is -2.10. The lowest BCUT2D eigenvalue weighted by Crippen LogP contribution is -2.12. The molecule has 0 saturated carbocycles. The van der Waals surface area contributed by atoms with Crippen LogP contribution >= 0.6 is 0 Å². The van der Waals surface area contributed by atoms with Gasteiger partial charge in [-0.1, -0.05) is 25.9 Å². The van der Waals surface area contributed by atoms with Gasteiger partial charge in [0.15, 0.2) is 15.7 Å². The Bertz CT molecular complexity index is 746. The van der Waals surface area contributed by atoms with Crippen molar-refractivity contribution in [2.45, 2.75) is 37.6 Å². The number of aliphatic hydroxyl groups excluding tert-OH is 1. The third-order valence-corrected chi connectivity index (χ3v) is 4.84. The molecule has 2 N–H and O–H groups in total. The van der Waals surface area contributed by atoms with Gasteiger partial charge in [0, 0.05) is 11.1 Å². The number of hydrogen-bond donors (Lipinski definition) is 2. The van der Waals surface area contributed by atoms with E-state index in [1.165, 1.54) is 12.1 Å². The molecule has 0 fully saturated rings. The average molecular weight is 339 g/mol. The van der Waals surface area contributed by atoms with Crippen molar-refractivity contribution in [2.24, 2.45) is 0 Å². The fourth-order valence-corrected chi connectivity index (χ4v) is 2.86. The molecule has 1 aromatic carbocycles. The number of nitrogens with zero attached hydrogens (tertiary/aromatic N) is 2. The van der Waals surface area contributed by atoms with Gasteiger partial charge in [0.25, 0.3) is 0 Å². The molecule has 1 heterocycles. The van der Waals surface area contributed by atoms with Crippen LogP contribution in [0.1, 0.15) is 32.5 Å². The van der Waals surface area contributed by atoms with E-state index in [2.05, 4.69) is 15.5 Å². The smallest absolute Gasteiger partial charge is 0.232 e. The molecule has 0 unspecified atom stereocenters. The maximum absolute atomic E-state index is 11.8. The van der Waals surface area contributed by atoms with E-state index in [1.54, 1.807) is 12.1 Å². The minimum absolute atomic E-state index is 0.187. The second-order valence-electron chi connectivity index (χ2n) is 6.19. The highest BCUT2D eigenvalue weighted by Gasteiger charge is 2.21. The van der Waals surface area contributed by atoms with Gasteiger partial charge in [-0.05, 0) is 24.3 Å². The Morgan fingerprint density at radius 3 is 2.39 bits per heavy atom. The van der Waals surface area contributed by atoms with Gasteiger partial charge in [0.2, 0.25) is 5.89 Å². The molecule has 2 rings (SSSR count). The number of nitrogens with one attached hydrogen (secondary N) is 1. The molecule has 0 radical (unpaired) electrons. The number of aromatic nitrogens is 2. The summed E-state index contributed by atoms with van der Waals surface area (Å²) in [6.07, 6.45) is 0. The molecule has 0 saturated heterocycles. The molecule has 0 spiro atoms. The molecule has 1 aromatic heterocycles. The minimum Gasteiger partial charge on any atom is -0.395 e. The molecule has 8 heteroatoms. The van der Waals surface area contributed by atoms with Gasteiger partial charge in [-0.15, -0.1) is 0 Å². The summed E-state index contributed by atoms with van der Waals surface area (Å²) in [5.41, 5.74) is 0.545. The number of aliphatic hydroxyl groups is 1. The first-order valence-corrected chi connectivity index (χ1v) is 8.88. The Labute approximate surface area is 135 Å². The van der Waals surface area contributed by atoms with Gasteiger partial charge in [-0.25, -0.2) is 8.42 Å². The van der Waals surface area contributed by atoms with E-state index < -0.39 is 16.4 Å². The Morgan fingerprint density at radius 1 is 1.22 bits per heavy atom. The lowest BCUT2D eigenvalue weighted by molar-refractivity contribution is 0.318. The standard InChI is InChI=1S/C15H21N3O4S/c1-15(2,3)14-17-13(18-22-14)10-16-11-4-6-12(7-5-11)23(20,21)9-8-19/h4-7,16,19H,8-10H2,1-3H3. The molecule has 0 aliphatic rings. The molecule has 0 aliphatic heterocycles. The van der Waals surface area contributed by atoms with Gasteiger partial charge in [0.1, 0.15) is 0 Å². The second kappa shape index (κ2) is 6.67. The fraction of sp³-hybridized carbons (Fsp3) is 0.467. The predicted molar refractivity (Wildman–Crippen MR) is 85.9 cm³/mol. The van der Waals surface area contributed by atoms with Crippen molar-refractivity contribution < 1.29 is 18.0 Å². The zero-order valence-electron chi connectivity index (χ0n) is 13.4. The van der Waals surface area contributed by atoms with E-state index in [1.807, 2.05) is 20.8 Å². The van der Waals surface area contributed by atoms with E-state index in [-0.39, 0.29) is 16.1 Å². The SMILES string of the molecule is CC(C)(C)c1nc(CNc2ccc(S(=O)(=O)CCO)cc2)no1. The van der Waals surface area contributed by atoms with Crippen molar-refractivity contribution in [1.29, 1.82) is 0 Å². The van der Waals surface area contributed by atoms with Gasteiger partial charge in [-0.2, -0.15) is 4.98 Å². The second-order valence-corrected chi connectivity index (χ2v) is 8.30. The number of anilines is 1. The van der Waals surface area contributed by atoms with E-state index >= 15 is 0 Å². The number of rotatable bonds is 6. The van der Waals surface area contributed by atoms with Gasteiger partial charge in [0.05, 0.1) is 23.8 Å². The van der Waals surface area contributed by atoms with Crippen LogP contribution in [0.5, 0.6) is 0 Å². The van der Waals surface area contributed by atoms with Crippen molar-refractivity contribution >= 4 is 15.5 Å². The van der Waals surface area contributed by atoms with Crippen LogP contribution in [0.25, 0.3) is 0 Å². The minimum atomic E-state index is -3.42. The van der Waals surface area contributed by atoms with Crippen molar-refractivity contribution in [3.63, 3.8) is 0 Å². The summed E-state index contributed by atoms with van der Waals surface area (Å²) in [7, 11) is -3.42. The van der Waals surface area contributed by atoms with Crippen LogP contribution in [0.4, 0.5) is 5.69 Å². The fourth-order valence-electron chi connectivity index (χ4n) is 1.83. The molecule has 0 amide bonds. The Hall–Kier alpha value is -1.93. The van der Waals surface area contributed by atoms with Crippen molar-refractivity contribution in [3.8, 4) is 0 Å². The Morgan fingerprint density at radius 2 is 1.87 bits per heavy atom. The maximum Gasteiger partial charge on any atom is 0.232 e. The molecule has 0 bridgehead atoms. The Balaban J connectivity index is 2.01. The van der Waals surface area contributed by atoms with Crippen molar-refractivity contribution in [3.05, 3.63) is 36.0 Å². The first-order valence-electron chi connectivity index (χ1n) is 7.23. The summed E-state index contributed by atoms with van der Waals surface area (Å²) < 4.78 is 28.8. The van der Waals surface area contributed by atoms with Crippen molar-refractivity contribution in [2.75, 3.05) is 17.7 Å². The van der Waals surface area contributed by atoms with Crippen LogP contribution in [-0.4, -0.2) is 36.0 Å². The summed E-state index contributed by atoms with van der Waals surface area (Å²) >= 11 is 0. The van der Waals surface area contributed by atoms with Crippen LogP contribution in [0.15, 0.2) is 33.7 Å². The Kier molecular flexibility index (Phi) is 5.06. The largest absolute Gasteiger partial charge is 0.395 e. The molecular formula is C15H21N3O4S. The summed E-state index contributed by atoms with van der Waals surface area (Å²) in [4.78, 5) is 4.50.